The molecule has 25 heavy (non-hydrogen) atoms. The molecule has 0 saturated heterocycles. The highest BCUT2D eigenvalue weighted by Crippen LogP contribution is 2.24. The van der Waals surface area contributed by atoms with E-state index in [4.69, 9.17) is 27.9 Å². The first-order valence-electron chi connectivity index (χ1n) is 7.40. The number of carbonyl (C=O) groups is 2. The van der Waals surface area contributed by atoms with Gasteiger partial charge >= 0.3 is 0 Å². The van der Waals surface area contributed by atoms with Crippen molar-refractivity contribution in [2.24, 2.45) is 0 Å². The minimum absolute atomic E-state index is 0.189. The molecule has 0 fully saturated rings. The summed E-state index contributed by atoms with van der Waals surface area (Å²) in [5.41, 5.74) is 5.17. The lowest BCUT2D eigenvalue weighted by molar-refractivity contribution is 0.0844. The summed E-state index contributed by atoms with van der Waals surface area (Å²) < 4.78 is 6.27. The second-order valence-corrected chi connectivity index (χ2v) is 6.78. The number of amides is 2. The summed E-state index contributed by atoms with van der Waals surface area (Å²) in [6.07, 6.45) is 0.808. The van der Waals surface area contributed by atoms with Crippen LogP contribution in [0.3, 0.4) is 0 Å². The van der Waals surface area contributed by atoms with E-state index in [1.807, 2.05) is 6.92 Å². The molecule has 0 aliphatic carbocycles. The Kier molecular flexibility index (Phi) is 7.11. The van der Waals surface area contributed by atoms with Crippen LogP contribution < -0.4 is 15.6 Å². The van der Waals surface area contributed by atoms with Crippen LogP contribution in [0.5, 0.6) is 5.75 Å². The maximum absolute atomic E-state index is 12.4. The number of hydrogen-bond donors (Lipinski definition) is 2. The van der Waals surface area contributed by atoms with Gasteiger partial charge in [-0.25, -0.2) is 0 Å². The average Bonchev–Trinajstić information content (AvgIpc) is 2.58. The molecule has 2 aromatic rings. The van der Waals surface area contributed by atoms with Crippen molar-refractivity contribution in [1.82, 2.24) is 10.9 Å². The van der Waals surface area contributed by atoms with E-state index in [9.17, 15) is 9.59 Å². The zero-order chi connectivity index (χ0) is 18.4. The van der Waals surface area contributed by atoms with Crippen LogP contribution >= 0.6 is 39.1 Å². The molecule has 0 aliphatic heterocycles. The molecule has 132 valence electrons. The van der Waals surface area contributed by atoms with Gasteiger partial charge in [0, 0.05) is 9.50 Å². The van der Waals surface area contributed by atoms with Crippen molar-refractivity contribution in [3.05, 3.63) is 62.0 Å². The maximum Gasteiger partial charge on any atom is 0.273 e. The molecule has 0 aliphatic rings. The quantitative estimate of drug-likeness (QED) is 0.659. The summed E-state index contributed by atoms with van der Waals surface area (Å²) in [7, 11) is 0. The number of ether oxygens (including phenoxy) is 1. The Hall–Kier alpha value is -1.76. The van der Waals surface area contributed by atoms with E-state index in [0.29, 0.717) is 27.4 Å². The molecule has 0 aromatic heterocycles. The number of hydrogen-bond acceptors (Lipinski definition) is 3. The third-order valence-corrected chi connectivity index (χ3v) is 4.15. The average molecular weight is 446 g/mol. The molecule has 0 atom stereocenters. The topological polar surface area (TPSA) is 67.4 Å². The van der Waals surface area contributed by atoms with Crippen LogP contribution in [0.2, 0.25) is 10.0 Å². The Labute approximate surface area is 163 Å². The van der Waals surface area contributed by atoms with Gasteiger partial charge in [0.25, 0.3) is 11.8 Å². The fourth-order valence-corrected chi connectivity index (χ4v) is 2.79. The fraction of sp³-hybridized carbons (Fsp3) is 0.176. The monoisotopic (exact) mass is 444 g/mol. The first-order valence-corrected chi connectivity index (χ1v) is 8.95. The SMILES string of the molecule is CCCOc1ccc(Br)cc1C(=O)NNC(=O)c1ccc(Cl)cc1Cl. The van der Waals surface area contributed by atoms with Crippen LogP contribution in [0.15, 0.2) is 40.9 Å². The predicted molar refractivity (Wildman–Crippen MR) is 101 cm³/mol. The van der Waals surface area contributed by atoms with Crippen LogP contribution in [-0.4, -0.2) is 18.4 Å². The van der Waals surface area contributed by atoms with Crippen LogP contribution in [0.1, 0.15) is 34.1 Å². The van der Waals surface area contributed by atoms with Crippen molar-refractivity contribution >= 4 is 50.9 Å². The van der Waals surface area contributed by atoms with Crippen LogP contribution in [0, 0.1) is 0 Å². The molecule has 0 heterocycles. The first kappa shape index (κ1) is 19.6. The van der Waals surface area contributed by atoms with Crippen LogP contribution in [0.4, 0.5) is 0 Å². The summed E-state index contributed by atoms with van der Waals surface area (Å²) in [4.78, 5) is 24.5. The first-order chi connectivity index (χ1) is 11.9. The molecule has 8 heteroatoms. The Balaban J connectivity index is 2.09. The molecule has 5 nitrogen and oxygen atoms in total. The molecule has 0 unspecified atom stereocenters. The van der Waals surface area contributed by atoms with Gasteiger partial charge in [0.2, 0.25) is 0 Å². The number of rotatable bonds is 5. The molecule has 0 bridgehead atoms. The highest BCUT2D eigenvalue weighted by atomic mass is 79.9. The van der Waals surface area contributed by atoms with Crippen molar-refractivity contribution in [3.8, 4) is 5.75 Å². The molecular weight excluding hydrogens is 431 g/mol. The van der Waals surface area contributed by atoms with Crippen molar-refractivity contribution in [2.75, 3.05) is 6.61 Å². The van der Waals surface area contributed by atoms with Gasteiger partial charge in [-0.05, 0) is 42.8 Å². The highest BCUT2D eigenvalue weighted by Gasteiger charge is 2.16. The minimum Gasteiger partial charge on any atom is -0.493 e. The molecule has 0 spiro atoms. The van der Waals surface area contributed by atoms with E-state index in [0.717, 1.165) is 6.42 Å². The van der Waals surface area contributed by atoms with Crippen LogP contribution in [0.25, 0.3) is 0 Å². The van der Waals surface area contributed by atoms with Gasteiger partial charge in [0.1, 0.15) is 5.75 Å². The lowest BCUT2D eigenvalue weighted by Gasteiger charge is -2.13. The van der Waals surface area contributed by atoms with Crippen LogP contribution in [-0.2, 0) is 0 Å². The second kappa shape index (κ2) is 9.08. The van der Waals surface area contributed by atoms with Gasteiger partial charge in [0.05, 0.1) is 22.8 Å². The Morgan fingerprint density at radius 1 is 1.04 bits per heavy atom. The Morgan fingerprint density at radius 2 is 1.72 bits per heavy atom. The van der Waals surface area contributed by atoms with Gasteiger partial charge in [0.15, 0.2) is 0 Å². The summed E-state index contributed by atoms with van der Waals surface area (Å²) >= 11 is 15.1. The smallest absolute Gasteiger partial charge is 0.273 e. The lowest BCUT2D eigenvalue weighted by atomic mass is 10.2. The molecule has 2 N–H and O–H groups in total. The number of benzene rings is 2. The normalized spacial score (nSPS) is 10.2. The standard InChI is InChI=1S/C17H15BrCl2N2O3/c1-2-7-25-15-6-3-10(18)8-13(15)17(24)22-21-16(23)12-5-4-11(19)9-14(12)20/h3-6,8-9H,2,7H2,1H3,(H,21,23)(H,22,24). The van der Waals surface area contributed by atoms with E-state index >= 15 is 0 Å². The summed E-state index contributed by atoms with van der Waals surface area (Å²) in [5, 5.41) is 0.603. The zero-order valence-electron chi connectivity index (χ0n) is 13.2. The van der Waals surface area contributed by atoms with Crippen molar-refractivity contribution in [2.45, 2.75) is 13.3 Å². The second-order valence-electron chi connectivity index (χ2n) is 5.02. The van der Waals surface area contributed by atoms with E-state index < -0.39 is 11.8 Å². The van der Waals surface area contributed by atoms with Crippen molar-refractivity contribution < 1.29 is 14.3 Å². The summed E-state index contributed by atoms with van der Waals surface area (Å²) in [6.45, 7) is 2.45. The third kappa shape index (κ3) is 5.36. The molecule has 2 aromatic carbocycles. The molecular formula is C17H15BrCl2N2O3. The largest absolute Gasteiger partial charge is 0.493 e. The third-order valence-electron chi connectivity index (χ3n) is 3.11. The lowest BCUT2D eigenvalue weighted by Crippen LogP contribution is -2.41. The number of nitrogens with one attached hydrogen (secondary N) is 2. The summed E-state index contributed by atoms with van der Waals surface area (Å²) in [6, 6.07) is 9.53. The highest BCUT2D eigenvalue weighted by molar-refractivity contribution is 9.10. The maximum atomic E-state index is 12.4. The van der Waals surface area contributed by atoms with E-state index in [2.05, 4.69) is 26.8 Å². The molecule has 2 rings (SSSR count). The number of carbonyl (C=O) groups excluding carboxylic acids is 2. The molecule has 0 saturated carbocycles. The zero-order valence-corrected chi connectivity index (χ0v) is 16.3. The van der Waals surface area contributed by atoms with Gasteiger partial charge in [-0.1, -0.05) is 46.1 Å². The Bertz CT molecular complexity index is 799. The van der Waals surface area contributed by atoms with E-state index in [1.54, 1.807) is 18.2 Å². The van der Waals surface area contributed by atoms with Crippen molar-refractivity contribution in [1.29, 1.82) is 0 Å². The number of hydrazine groups is 1. The summed E-state index contributed by atoms with van der Waals surface area (Å²) in [5.74, 6) is -0.631. The Morgan fingerprint density at radius 3 is 2.36 bits per heavy atom. The van der Waals surface area contributed by atoms with E-state index in [-0.39, 0.29) is 10.6 Å². The van der Waals surface area contributed by atoms with Gasteiger partial charge < -0.3 is 4.74 Å². The van der Waals surface area contributed by atoms with Gasteiger partial charge in [-0.2, -0.15) is 0 Å². The number of halogens is 3. The van der Waals surface area contributed by atoms with Gasteiger partial charge in [-0.15, -0.1) is 0 Å². The predicted octanol–water partition coefficient (Wildman–Crippen LogP) is 4.62. The minimum atomic E-state index is -0.555. The fourth-order valence-electron chi connectivity index (χ4n) is 1.94. The van der Waals surface area contributed by atoms with Crippen molar-refractivity contribution in [3.63, 3.8) is 0 Å². The van der Waals surface area contributed by atoms with E-state index in [1.165, 1.54) is 18.2 Å². The molecule has 0 radical (unpaired) electrons. The molecule has 2 amide bonds. The van der Waals surface area contributed by atoms with Gasteiger partial charge in [-0.3, -0.25) is 20.4 Å².